The summed E-state index contributed by atoms with van der Waals surface area (Å²) in [5.41, 5.74) is 4.74. The van der Waals surface area contributed by atoms with Crippen LogP contribution in [0, 0.1) is 20.8 Å². The summed E-state index contributed by atoms with van der Waals surface area (Å²) in [6.45, 7) is 5.94. The van der Waals surface area contributed by atoms with Crippen molar-refractivity contribution >= 4 is 29.0 Å². The zero-order valence-electron chi connectivity index (χ0n) is 11.1. The fourth-order valence-corrected chi connectivity index (χ4v) is 2.37. The highest BCUT2D eigenvalue weighted by atomic mass is 35.5. The molecule has 4 heteroatoms. The van der Waals surface area contributed by atoms with Crippen molar-refractivity contribution in [2.24, 2.45) is 0 Å². The Morgan fingerprint density at radius 1 is 1.11 bits per heavy atom. The fraction of sp³-hybridized carbons (Fsp3) is 0.267. The molecule has 0 saturated heterocycles. The van der Waals surface area contributed by atoms with Gasteiger partial charge >= 0.3 is 0 Å². The third-order valence-electron chi connectivity index (χ3n) is 3.44. The van der Waals surface area contributed by atoms with Crippen LogP contribution in [-0.2, 0) is 6.42 Å². The Morgan fingerprint density at radius 2 is 1.79 bits per heavy atom. The molecule has 0 amide bonds. The van der Waals surface area contributed by atoms with Crippen LogP contribution < -0.4 is 0 Å². The van der Waals surface area contributed by atoms with Crippen molar-refractivity contribution in [3.8, 4) is 0 Å². The summed E-state index contributed by atoms with van der Waals surface area (Å²) in [4.78, 5) is 15.4. The van der Waals surface area contributed by atoms with Crippen LogP contribution in [0.1, 0.15) is 32.9 Å². The number of rotatable bonds is 3. The van der Waals surface area contributed by atoms with E-state index in [0.717, 1.165) is 22.4 Å². The van der Waals surface area contributed by atoms with Crippen molar-refractivity contribution in [3.05, 3.63) is 56.3 Å². The van der Waals surface area contributed by atoms with Gasteiger partial charge in [0.05, 0.1) is 15.7 Å². The molecule has 1 aromatic heterocycles. The van der Waals surface area contributed by atoms with Crippen molar-refractivity contribution in [2.75, 3.05) is 0 Å². The summed E-state index contributed by atoms with van der Waals surface area (Å²) < 4.78 is 0. The van der Waals surface area contributed by atoms with Gasteiger partial charge in [0, 0.05) is 12.1 Å². The first kappa shape index (κ1) is 14.2. The minimum Gasteiger partial charge on any atom is -0.356 e. The van der Waals surface area contributed by atoms with Gasteiger partial charge in [0.15, 0.2) is 5.78 Å². The number of hydrogen-bond donors (Lipinski definition) is 1. The van der Waals surface area contributed by atoms with Gasteiger partial charge in [-0.05, 0) is 49.6 Å². The molecule has 2 nitrogen and oxygen atoms in total. The molecule has 100 valence electrons. The van der Waals surface area contributed by atoms with Crippen LogP contribution in [0.5, 0.6) is 0 Å². The Labute approximate surface area is 122 Å². The minimum atomic E-state index is 0.0621. The van der Waals surface area contributed by atoms with Crippen LogP contribution in [0.25, 0.3) is 0 Å². The van der Waals surface area contributed by atoms with E-state index >= 15 is 0 Å². The van der Waals surface area contributed by atoms with E-state index in [2.05, 4.69) is 4.98 Å². The van der Waals surface area contributed by atoms with Gasteiger partial charge in [0.25, 0.3) is 0 Å². The predicted octanol–water partition coefficient (Wildman–Crippen LogP) is 4.67. The minimum absolute atomic E-state index is 0.0621. The van der Waals surface area contributed by atoms with Crippen LogP contribution in [0.3, 0.4) is 0 Å². The second kappa shape index (κ2) is 5.40. The van der Waals surface area contributed by atoms with Gasteiger partial charge in [0.1, 0.15) is 0 Å². The molecule has 1 N–H and O–H groups in total. The molecule has 0 aliphatic rings. The van der Waals surface area contributed by atoms with E-state index in [1.165, 1.54) is 0 Å². The highest BCUT2D eigenvalue weighted by Crippen LogP contribution is 2.24. The van der Waals surface area contributed by atoms with E-state index < -0.39 is 0 Å². The first-order valence-electron chi connectivity index (χ1n) is 6.03. The van der Waals surface area contributed by atoms with Crippen molar-refractivity contribution in [1.29, 1.82) is 0 Å². The fourth-order valence-electron chi connectivity index (χ4n) is 2.05. The number of aromatic nitrogens is 1. The first-order valence-corrected chi connectivity index (χ1v) is 6.78. The third-order valence-corrected chi connectivity index (χ3v) is 4.18. The average molecular weight is 296 g/mol. The summed E-state index contributed by atoms with van der Waals surface area (Å²) in [7, 11) is 0. The maximum Gasteiger partial charge on any atom is 0.183 e. The number of benzene rings is 1. The highest BCUT2D eigenvalue weighted by molar-refractivity contribution is 6.42. The molecule has 0 aliphatic carbocycles. The topological polar surface area (TPSA) is 32.9 Å². The zero-order valence-corrected chi connectivity index (χ0v) is 12.6. The normalized spacial score (nSPS) is 10.8. The first-order chi connectivity index (χ1) is 8.90. The van der Waals surface area contributed by atoms with E-state index in [1.807, 2.05) is 26.8 Å². The quantitative estimate of drug-likeness (QED) is 0.820. The lowest BCUT2D eigenvalue weighted by Crippen LogP contribution is -2.06. The smallest absolute Gasteiger partial charge is 0.183 e. The maximum absolute atomic E-state index is 12.3. The molecule has 0 aliphatic heterocycles. The van der Waals surface area contributed by atoms with Crippen molar-refractivity contribution in [2.45, 2.75) is 27.2 Å². The highest BCUT2D eigenvalue weighted by Gasteiger charge is 2.15. The van der Waals surface area contributed by atoms with E-state index in [1.54, 1.807) is 12.1 Å². The zero-order chi connectivity index (χ0) is 14.2. The third kappa shape index (κ3) is 2.85. The summed E-state index contributed by atoms with van der Waals surface area (Å²) in [5, 5.41) is 0.975. The lowest BCUT2D eigenvalue weighted by molar-refractivity contribution is 0.0988. The van der Waals surface area contributed by atoms with Gasteiger partial charge in [0.2, 0.25) is 0 Å². The van der Waals surface area contributed by atoms with Gasteiger partial charge in [-0.15, -0.1) is 0 Å². The molecule has 1 heterocycles. The Morgan fingerprint density at radius 3 is 2.32 bits per heavy atom. The molecule has 2 aromatic rings. The maximum atomic E-state index is 12.3. The number of halogens is 2. The van der Waals surface area contributed by atoms with Crippen molar-refractivity contribution in [3.63, 3.8) is 0 Å². The predicted molar refractivity (Wildman–Crippen MR) is 79.5 cm³/mol. The van der Waals surface area contributed by atoms with Gasteiger partial charge < -0.3 is 4.98 Å². The summed E-state index contributed by atoms with van der Waals surface area (Å²) in [6, 6.07) is 5.27. The molecular formula is C15H15Cl2NO. The number of hydrogen-bond acceptors (Lipinski definition) is 1. The number of ketones is 1. The number of aryl methyl sites for hydroxylation is 1. The molecule has 19 heavy (non-hydrogen) atoms. The molecule has 1 aromatic carbocycles. The molecule has 0 atom stereocenters. The molecule has 0 fully saturated rings. The number of carbonyl (C=O) groups excluding carboxylic acids is 1. The number of nitrogens with one attached hydrogen (secondary N) is 1. The SMILES string of the molecule is Cc1[nH]c(C(=O)Cc2ccc(Cl)c(Cl)c2)c(C)c1C. The molecule has 0 bridgehead atoms. The lowest BCUT2D eigenvalue weighted by Gasteiger charge is -2.03. The monoisotopic (exact) mass is 295 g/mol. The van der Waals surface area contributed by atoms with Gasteiger partial charge in [-0.2, -0.15) is 0 Å². The number of carbonyl (C=O) groups is 1. The number of aromatic amines is 1. The molecule has 2 rings (SSSR count). The molecule has 0 radical (unpaired) electrons. The summed E-state index contributed by atoms with van der Waals surface area (Å²) >= 11 is 11.8. The van der Waals surface area contributed by atoms with E-state index in [-0.39, 0.29) is 5.78 Å². The Kier molecular flexibility index (Phi) is 4.02. The van der Waals surface area contributed by atoms with Crippen LogP contribution in [0.2, 0.25) is 10.0 Å². The van der Waals surface area contributed by atoms with E-state index in [9.17, 15) is 4.79 Å². The summed E-state index contributed by atoms with van der Waals surface area (Å²) in [6.07, 6.45) is 0.317. The van der Waals surface area contributed by atoms with E-state index in [4.69, 9.17) is 23.2 Å². The Balaban J connectivity index is 2.25. The second-order valence-electron chi connectivity index (χ2n) is 4.72. The van der Waals surface area contributed by atoms with Crippen LogP contribution in [0.15, 0.2) is 18.2 Å². The Hall–Kier alpha value is -1.25. The average Bonchev–Trinajstić information content (AvgIpc) is 2.62. The standard InChI is InChI=1S/C15H15Cl2NO/c1-8-9(2)15(18-10(8)3)14(19)7-11-4-5-12(16)13(17)6-11/h4-6,18H,7H2,1-3H3. The molecule has 0 unspecified atom stereocenters. The molecule has 0 spiro atoms. The molecular weight excluding hydrogens is 281 g/mol. The van der Waals surface area contributed by atoms with Gasteiger partial charge in [-0.3, -0.25) is 4.79 Å². The van der Waals surface area contributed by atoms with Crippen LogP contribution in [-0.4, -0.2) is 10.8 Å². The van der Waals surface area contributed by atoms with Crippen molar-refractivity contribution < 1.29 is 4.79 Å². The van der Waals surface area contributed by atoms with Crippen LogP contribution in [0.4, 0.5) is 0 Å². The van der Waals surface area contributed by atoms with Crippen molar-refractivity contribution in [1.82, 2.24) is 4.98 Å². The lowest BCUT2D eigenvalue weighted by atomic mass is 10.0. The second-order valence-corrected chi connectivity index (χ2v) is 5.54. The van der Waals surface area contributed by atoms with E-state index in [0.29, 0.717) is 22.2 Å². The molecule has 0 saturated carbocycles. The van der Waals surface area contributed by atoms with Gasteiger partial charge in [-0.1, -0.05) is 29.3 Å². The van der Waals surface area contributed by atoms with Gasteiger partial charge in [-0.25, -0.2) is 0 Å². The summed E-state index contributed by atoms with van der Waals surface area (Å²) in [5.74, 6) is 0.0621. The number of Topliss-reactive ketones (excluding diaryl/α,β-unsaturated/α-hetero) is 1. The Bertz CT molecular complexity index is 644. The largest absolute Gasteiger partial charge is 0.356 e. The van der Waals surface area contributed by atoms with Crippen LogP contribution >= 0.6 is 23.2 Å². The number of H-pyrrole nitrogens is 1.